The summed E-state index contributed by atoms with van der Waals surface area (Å²) in [4.78, 5) is 12.1. The molecule has 0 heterocycles. The summed E-state index contributed by atoms with van der Waals surface area (Å²) in [6, 6.07) is -0.129. The lowest BCUT2D eigenvalue weighted by Gasteiger charge is -2.36. The van der Waals surface area contributed by atoms with Crippen LogP contribution in [-0.4, -0.2) is 28.2 Å². The maximum atomic E-state index is 12.1. The van der Waals surface area contributed by atoms with E-state index in [-0.39, 0.29) is 18.2 Å². The summed E-state index contributed by atoms with van der Waals surface area (Å²) in [5.74, 6) is 2.57. The minimum absolute atomic E-state index is 0.0355. The Kier molecular flexibility index (Phi) is 8.03. The molecule has 122 valence electrons. The van der Waals surface area contributed by atoms with Gasteiger partial charge in [0.05, 0.1) is 10.2 Å². The van der Waals surface area contributed by atoms with Gasteiger partial charge in [-0.15, -0.1) is 11.8 Å². The predicted molar refractivity (Wildman–Crippen MR) is 94.9 cm³/mol. The number of carbonyl (C=O) groups is 1. The van der Waals surface area contributed by atoms with Gasteiger partial charge in [-0.25, -0.2) is 4.79 Å². The zero-order chi connectivity index (χ0) is 16.0. The molecule has 0 aromatic rings. The van der Waals surface area contributed by atoms with E-state index >= 15 is 0 Å². The van der Waals surface area contributed by atoms with Gasteiger partial charge in [-0.05, 0) is 43.3 Å². The van der Waals surface area contributed by atoms with Crippen molar-refractivity contribution in [3.8, 4) is 0 Å². The molecule has 1 N–H and O–H groups in total. The molecule has 1 fully saturated rings. The van der Waals surface area contributed by atoms with Crippen molar-refractivity contribution in [2.45, 2.75) is 66.0 Å². The Morgan fingerprint density at radius 3 is 2.62 bits per heavy atom. The molecular weight excluding hydrogens is 302 g/mol. The topological polar surface area (TPSA) is 38.3 Å². The lowest BCUT2D eigenvalue weighted by Crippen LogP contribution is -2.42. The van der Waals surface area contributed by atoms with E-state index in [1.807, 2.05) is 6.92 Å². The second-order valence-electron chi connectivity index (χ2n) is 6.39. The van der Waals surface area contributed by atoms with E-state index < -0.39 is 0 Å². The van der Waals surface area contributed by atoms with Crippen LogP contribution in [0.5, 0.6) is 0 Å². The zero-order valence-corrected chi connectivity index (χ0v) is 15.5. The van der Waals surface area contributed by atoms with Crippen molar-refractivity contribution in [1.82, 2.24) is 5.32 Å². The van der Waals surface area contributed by atoms with Gasteiger partial charge in [0.15, 0.2) is 0 Å². The summed E-state index contributed by atoms with van der Waals surface area (Å²) < 4.78 is 6.53. The van der Waals surface area contributed by atoms with Crippen LogP contribution in [0.2, 0.25) is 0 Å². The SMILES string of the molecule is CCSC(=S)C(C)NC(=O)OC1CC(C)CCC1C(C)C. The summed E-state index contributed by atoms with van der Waals surface area (Å²) in [6.45, 7) is 10.6. The third-order valence-electron chi connectivity index (χ3n) is 4.19. The minimum Gasteiger partial charge on any atom is -0.446 e. The van der Waals surface area contributed by atoms with Crippen LogP contribution in [0.25, 0.3) is 0 Å². The highest BCUT2D eigenvalue weighted by Gasteiger charge is 2.33. The zero-order valence-electron chi connectivity index (χ0n) is 13.8. The Hall–Kier alpha value is -0.290. The van der Waals surface area contributed by atoms with Crippen molar-refractivity contribution in [2.24, 2.45) is 17.8 Å². The molecule has 5 heteroatoms. The largest absolute Gasteiger partial charge is 0.446 e. The summed E-state index contributed by atoms with van der Waals surface area (Å²) in [7, 11) is 0. The van der Waals surface area contributed by atoms with Crippen molar-refractivity contribution < 1.29 is 9.53 Å². The molecule has 1 aliphatic carbocycles. The van der Waals surface area contributed by atoms with Crippen molar-refractivity contribution >= 4 is 34.3 Å². The summed E-state index contributed by atoms with van der Waals surface area (Å²) in [6.07, 6.45) is 3.06. The van der Waals surface area contributed by atoms with E-state index in [1.54, 1.807) is 11.8 Å². The number of hydrogen-bond acceptors (Lipinski definition) is 4. The maximum Gasteiger partial charge on any atom is 0.407 e. The van der Waals surface area contributed by atoms with Crippen LogP contribution in [0.15, 0.2) is 0 Å². The molecule has 1 rings (SSSR count). The van der Waals surface area contributed by atoms with Crippen LogP contribution in [-0.2, 0) is 4.74 Å². The number of thioether (sulfide) groups is 1. The average molecular weight is 332 g/mol. The Morgan fingerprint density at radius 2 is 2.05 bits per heavy atom. The highest BCUT2D eigenvalue weighted by Crippen LogP contribution is 2.35. The number of alkyl carbamates (subject to hydrolysis) is 1. The van der Waals surface area contributed by atoms with E-state index in [0.717, 1.165) is 22.8 Å². The fourth-order valence-electron chi connectivity index (χ4n) is 2.92. The number of ether oxygens (including phenoxy) is 1. The van der Waals surface area contributed by atoms with Crippen LogP contribution in [0.1, 0.15) is 53.9 Å². The molecule has 1 amide bonds. The molecule has 0 aliphatic heterocycles. The van der Waals surface area contributed by atoms with Gasteiger partial charge >= 0.3 is 6.09 Å². The van der Waals surface area contributed by atoms with Crippen molar-refractivity contribution in [3.05, 3.63) is 0 Å². The summed E-state index contributed by atoms with van der Waals surface area (Å²) in [5, 5.41) is 2.86. The van der Waals surface area contributed by atoms with E-state index in [9.17, 15) is 4.79 Å². The lowest BCUT2D eigenvalue weighted by atomic mass is 9.75. The first-order chi connectivity index (χ1) is 9.85. The first-order valence-electron chi connectivity index (χ1n) is 7.98. The smallest absolute Gasteiger partial charge is 0.407 e. The van der Waals surface area contributed by atoms with Gasteiger partial charge < -0.3 is 10.1 Å². The predicted octanol–water partition coefficient (Wildman–Crippen LogP) is 4.64. The van der Waals surface area contributed by atoms with E-state index in [4.69, 9.17) is 17.0 Å². The molecule has 4 atom stereocenters. The number of rotatable bonds is 5. The quantitative estimate of drug-likeness (QED) is 0.745. The van der Waals surface area contributed by atoms with Crippen LogP contribution < -0.4 is 5.32 Å². The fourth-order valence-corrected chi connectivity index (χ4v) is 3.93. The highest BCUT2D eigenvalue weighted by molar-refractivity contribution is 8.23. The van der Waals surface area contributed by atoms with Crippen LogP contribution >= 0.6 is 24.0 Å². The standard InChI is InChI=1S/C16H29NO2S2/c1-6-21-15(20)12(5)17-16(18)19-14-9-11(4)7-8-13(14)10(2)3/h10-14H,6-9H2,1-5H3,(H,17,18). The van der Waals surface area contributed by atoms with Crippen molar-refractivity contribution in [1.29, 1.82) is 0 Å². The molecule has 0 radical (unpaired) electrons. The molecule has 1 aliphatic rings. The number of nitrogens with one attached hydrogen (secondary N) is 1. The van der Waals surface area contributed by atoms with Crippen molar-refractivity contribution in [3.63, 3.8) is 0 Å². The molecule has 21 heavy (non-hydrogen) atoms. The average Bonchev–Trinajstić information content (AvgIpc) is 2.38. The third kappa shape index (κ3) is 6.15. The normalized spacial score (nSPS) is 27.2. The molecule has 0 saturated heterocycles. The molecular formula is C16H29NO2S2. The molecule has 0 aromatic heterocycles. The first kappa shape index (κ1) is 18.8. The second kappa shape index (κ2) is 8.99. The Morgan fingerprint density at radius 1 is 1.38 bits per heavy atom. The van der Waals surface area contributed by atoms with E-state index in [0.29, 0.717) is 17.8 Å². The Bertz CT molecular complexity index is 360. The van der Waals surface area contributed by atoms with Gasteiger partial charge in [0.1, 0.15) is 6.10 Å². The second-order valence-corrected chi connectivity index (χ2v) is 8.39. The summed E-state index contributed by atoms with van der Waals surface area (Å²) in [5.41, 5.74) is 0. The van der Waals surface area contributed by atoms with Gasteiger partial charge in [-0.1, -0.05) is 46.3 Å². The van der Waals surface area contributed by atoms with Crippen LogP contribution in [0, 0.1) is 17.8 Å². The number of thiocarbonyl (C=S) groups is 1. The third-order valence-corrected chi connectivity index (χ3v) is 5.83. The number of hydrogen-bond donors (Lipinski definition) is 1. The van der Waals surface area contributed by atoms with Crippen molar-refractivity contribution in [2.75, 3.05) is 5.75 Å². The summed E-state index contributed by atoms with van der Waals surface area (Å²) >= 11 is 6.87. The number of amides is 1. The van der Waals surface area contributed by atoms with Gasteiger partial charge in [0.25, 0.3) is 0 Å². The number of carbonyl (C=O) groups excluding carboxylic acids is 1. The van der Waals surface area contributed by atoms with Gasteiger partial charge in [0, 0.05) is 0 Å². The van der Waals surface area contributed by atoms with E-state index in [2.05, 4.69) is 33.0 Å². The van der Waals surface area contributed by atoms with Crippen LogP contribution in [0.4, 0.5) is 4.79 Å². The van der Waals surface area contributed by atoms with Gasteiger partial charge in [0.2, 0.25) is 0 Å². The van der Waals surface area contributed by atoms with Gasteiger partial charge in [-0.2, -0.15) is 0 Å². The Balaban J connectivity index is 2.52. The maximum absolute atomic E-state index is 12.1. The Labute approximate surface area is 139 Å². The van der Waals surface area contributed by atoms with Crippen LogP contribution in [0.3, 0.4) is 0 Å². The highest BCUT2D eigenvalue weighted by atomic mass is 32.2. The fraction of sp³-hybridized carbons (Fsp3) is 0.875. The molecule has 0 aromatic carbocycles. The molecule has 4 unspecified atom stereocenters. The molecule has 0 spiro atoms. The first-order valence-corrected chi connectivity index (χ1v) is 9.38. The molecule has 0 bridgehead atoms. The lowest BCUT2D eigenvalue weighted by molar-refractivity contribution is 0.00594. The van der Waals surface area contributed by atoms with Gasteiger partial charge in [-0.3, -0.25) is 0 Å². The van der Waals surface area contributed by atoms with E-state index in [1.165, 1.54) is 6.42 Å². The monoisotopic (exact) mass is 331 g/mol. The molecule has 3 nitrogen and oxygen atoms in total. The minimum atomic E-state index is -0.327. The molecule has 1 saturated carbocycles.